The normalized spacial score (nSPS) is 20.4. The Bertz CT molecular complexity index is 732. The molecule has 0 aliphatic carbocycles. The molecule has 1 unspecified atom stereocenters. The van der Waals surface area contributed by atoms with E-state index < -0.39 is 6.04 Å². The lowest BCUT2D eigenvalue weighted by atomic mass is 10.1. The number of hydrogen-bond donors (Lipinski definition) is 0. The van der Waals surface area contributed by atoms with Gasteiger partial charge in [0, 0.05) is 16.9 Å². The van der Waals surface area contributed by atoms with Gasteiger partial charge in [0.2, 0.25) is 0 Å². The second-order valence-electron chi connectivity index (χ2n) is 5.56. The molecule has 0 amide bonds. The van der Waals surface area contributed by atoms with Crippen molar-refractivity contribution < 1.29 is 14.3 Å². The van der Waals surface area contributed by atoms with Crippen LogP contribution < -0.4 is 0 Å². The van der Waals surface area contributed by atoms with E-state index in [0.29, 0.717) is 18.3 Å². The Balaban J connectivity index is 2.30. The van der Waals surface area contributed by atoms with E-state index in [9.17, 15) is 9.59 Å². The number of carbonyl (C=O) groups excluding carboxylic acids is 2. The van der Waals surface area contributed by atoms with E-state index in [1.54, 1.807) is 19.1 Å². The van der Waals surface area contributed by atoms with Gasteiger partial charge < -0.3 is 4.74 Å². The molecular formula is C18H21O3PS. The van der Waals surface area contributed by atoms with E-state index in [4.69, 9.17) is 16.5 Å². The third kappa shape index (κ3) is 3.88. The van der Waals surface area contributed by atoms with Crippen molar-refractivity contribution in [3.63, 3.8) is 0 Å². The van der Waals surface area contributed by atoms with Crippen molar-refractivity contribution in [3.8, 4) is 0 Å². The average molecular weight is 348 g/mol. The van der Waals surface area contributed by atoms with Crippen LogP contribution in [0.3, 0.4) is 0 Å². The first-order valence-electron chi connectivity index (χ1n) is 7.64. The first-order chi connectivity index (χ1) is 10.9. The van der Waals surface area contributed by atoms with E-state index in [1.807, 2.05) is 37.9 Å². The molecule has 2 rings (SSSR count). The standard InChI is InChI=1S/C18H21O3PS/c1-4-21-16(19)10-11-22(23)12-13(2)14(3)18(22)17(20)15-8-6-5-7-9-15/h5-9,12H,4,10-11H2,1-3H3. The van der Waals surface area contributed by atoms with Gasteiger partial charge in [0.25, 0.3) is 0 Å². The summed E-state index contributed by atoms with van der Waals surface area (Å²) < 4.78 is 4.99. The average Bonchev–Trinajstić information content (AvgIpc) is 2.76. The highest BCUT2D eigenvalue weighted by atomic mass is 32.4. The minimum Gasteiger partial charge on any atom is -0.466 e. The summed E-state index contributed by atoms with van der Waals surface area (Å²) in [6, 6.07) is 7.00. The number of allylic oxidation sites excluding steroid dienone is 3. The maximum atomic E-state index is 12.9. The minimum atomic E-state index is -2.19. The van der Waals surface area contributed by atoms with Crippen molar-refractivity contribution in [2.45, 2.75) is 27.2 Å². The Kier molecular flexibility index (Phi) is 5.72. The zero-order valence-electron chi connectivity index (χ0n) is 13.7. The molecule has 0 spiro atoms. The predicted octanol–water partition coefficient (Wildman–Crippen LogP) is 4.49. The third-order valence-corrected chi connectivity index (χ3v) is 8.33. The molecule has 1 aromatic carbocycles. The van der Waals surface area contributed by atoms with Gasteiger partial charge in [-0.05, 0) is 43.9 Å². The fraction of sp³-hybridized carbons (Fsp3) is 0.333. The second kappa shape index (κ2) is 7.37. The van der Waals surface area contributed by atoms with E-state index in [0.717, 1.165) is 16.5 Å². The highest BCUT2D eigenvalue weighted by Gasteiger charge is 2.34. The zero-order valence-corrected chi connectivity index (χ0v) is 15.4. The van der Waals surface area contributed by atoms with Gasteiger partial charge in [-0.25, -0.2) is 0 Å². The lowest BCUT2D eigenvalue weighted by Crippen LogP contribution is -2.09. The van der Waals surface area contributed by atoms with Crippen molar-refractivity contribution in [1.29, 1.82) is 0 Å². The lowest BCUT2D eigenvalue weighted by molar-refractivity contribution is -0.142. The monoisotopic (exact) mass is 348 g/mol. The Morgan fingerprint density at radius 3 is 2.43 bits per heavy atom. The van der Waals surface area contributed by atoms with Crippen LogP contribution in [0.4, 0.5) is 0 Å². The van der Waals surface area contributed by atoms with Crippen LogP contribution in [0.5, 0.6) is 0 Å². The lowest BCUT2D eigenvalue weighted by Gasteiger charge is -2.18. The molecule has 0 N–H and O–H groups in total. The number of ketones is 1. The summed E-state index contributed by atoms with van der Waals surface area (Å²) in [6.45, 7) is 6.07. The van der Waals surface area contributed by atoms with Gasteiger partial charge in [-0.2, -0.15) is 0 Å². The number of Topliss-reactive ketones (excluding diaryl/α,β-unsaturated/α-hetero) is 1. The molecule has 122 valence electrons. The minimum absolute atomic E-state index is 0.0107. The largest absolute Gasteiger partial charge is 0.466 e. The first kappa shape index (κ1) is 17.8. The summed E-state index contributed by atoms with van der Waals surface area (Å²) in [4.78, 5) is 24.6. The number of rotatable bonds is 6. The Morgan fingerprint density at radius 2 is 1.83 bits per heavy atom. The Labute approximate surface area is 142 Å². The van der Waals surface area contributed by atoms with Crippen LogP contribution in [0.25, 0.3) is 0 Å². The zero-order chi connectivity index (χ0) is 17.0. The van der Waals surface area contributed by atoms with E-state index >= 15 is 0 Å². The molecule has 23 heavy (non-hydrogen) atoms. The molecule has 5 heteroatoms. The summed E-state index contributed by atoms with van der Waals surface area (Å²) in [5, 5.41) is 0.723. The van der Waals surface area contributed by atoms with Gasteiger partial charge in [0.15, 0.2) is 5.78 Å². The van der Waals surface area contributed by atoms with Crippen LogP contribution >= 0.6 is 6.04 Å². The summed E-state index contributed by atoms with van der Waals surface area (Å²) in [6.07, 6.45) is 0.761. The topological polar surface area (TPSA) is 43.4 Å². The van der Waals surface area contributed by atoms with Crippen LogP contribution in [0.15, 0.2) is 52.6 Å². The number of carbonyl (C=O) groups is 2. The summed E-state index contributed by atoms with van der Waals surface area (Å²) >= 11 is 5.87. The molecular weight excluding hydrogens is 327 g/mol. The summed E-state index contributed by atoms with van der Waals surface area (Å²) in [5.41, 5.74) is 2.66. The van der Waals surface area contributed by atoms with Crippen LogP contribution in [-0.2, 0) is 21.3 Å². The van der Waals surface area contributed by atoms with Crippen LogP contribution in [-0.4, -0.2) is 24.5 Å². The molecule has 1 atom stereocenters. The fourth-order valence-corrected chi connectivity index (χ4v) is 7.12. The van der Waals surface area contributed by atoms with Crippen molar-refractivity contribution in [1.82, 2.24) is 0 Å². The molecule has 1 aliphatic rings. The number of ether oxygens (including phenoxy) is 1. The smallest absolute Gasteiger partial charge is 0.306 e. The molecule has 0 saturated heterocycles. The SMILES string of the molecule is CCOC(=O)CCP1(=S)C=C(C)C(C)=C1C(=O)c1ccccc1. The molecule has 3 nitrogen and oxygen atoms in total. The molecule has 1 heterocycles. The van der Waals surface area contributed by atoms with Crippen molar-refractivity contribution in [2.75, 3.05) is 12.8 Å². The highest BCUT2D eigenvalue weighted by Crippen LogP contribution is 2.63. The van der Waals surface area contributed by atoms with Crippen molar-refractivity contribution in [3.05, 3.63) is 58.2 Å². The number of benzene rings is 1. The van der Waals surface area contributed by atoms with Crippen molar-refractivity contribution in [2.24, 2.45) is 0 Å². The number of hydrogen-bond acceptors (Lipinski definition) is 4. The number of esters is 1. The van der Waals surface area contributed by atoms with Crippen LogP contribution in [0.2, 0.25) is 0 Å². The van der Waals surface area contributed by atoms with Crippen LogP contribution in [0.1, 0.15) is 37.6 Å². The van der Waals surface area contributed by atoms with Gasteiger partial charge >= 0.3 is 5.97 Å². The van der Waals surface area contributed by atoms with Gasteiger partial charge in [-0.1, -0.05) is 42.1 Å². The van der Waals surface area contributed by atoms with Crippen molar-refractivity contribution >= 4 is 29.6 Å². The van der Waals surface area contributed by atoms with Crippen LogP contribution in [0, 0.1) is 0 Å². The van der Waals surface area contributed by atoms with E-state index in [1.165, 1.54) is 0 Å². The van der Waals surface area contributed by atoms with Gasteiger partial charge in [-0.3, -0.25) is 9.59 Å². The van der Waals surface area contributed by atoms with Gasteiger partial charge in [0.1, 0.15) is 0 Å². The maximum Gasteiger partial charge on any atom is 0.306 e. The van der Waals surface area contributed by atoms with E-state index in [-0.39, 0.29) is 18.2 Å². The molecule has 0 aromatic heterocycles. The highest BCUT2D eigenvalue weighted by molar-refractivity contribution is 8.18. The van der Waals surface area contributed by atoms with Gasteiger partial charge in [0.05, 0.1) is 13.0 Å². The fourth-order valence-electron chi connectivity index (χ4n) is 2.68. The van der Waals surface area contributed by atoms with E-state index in [2.05, 4.69) is 0 Å². The Morgan fingerprint density at radius 1 is 1.17 bits per heavy atom. The predicted molar refractivity (Wildman–Crippen MR) is 97.6 cm³/mol. The quantitative estimate of drug-likeness (QED) is 0.431. The molecule has 0 radical (unpaired) electrons. The molecule has 0 saturated carbocycles. The first-order valence-corrected chi connectivity index (χ1v) is 10.7. The molecule has 1 aromatic rings. The second-order valence-corrected chi connectivity index (χ2v) is 10.3. The molecule has 0 bridgehead atoms. The maximum absolute atomic E-state index is 12.9. The Hall–Kier alpha value is -1.51. The summed E-state index contributed by atoms with van der Waals surface area (Å²) in [7, 11) is 0. The molecule has 1 aliphatic heterocycles. The van der Waals surface area contributed by atoms with Gasteiger partial charge in [-0.15, -0.1) is 0 Å². The third-order valence-electron chi connectivity index (χ3n) is 3.93. The summed E-state index contributed by atoms with van der Waals surface area (Å²) in [5.74, 6) is 1.77. The molecule has 0 fully saturated rings.